The normalized spacial score (nSPS) is 12.3. The summed E-state index contributed by atoms with van der Waals surface area (Å²) >= 11 is 12.1. The Morgan fingerprint density at radius 2 is 1.95 bits per heavy atom. The van der Waals surface area contributed by atoms with Crippen LogP contribution in [0.3, 0.4) is 0 Å². The number of benzene rings is 2. The van der Waals surface area contributed by atoms with E-state index in [4.69, 9.17) is 16.3 Å². The number of halogens is 4. The molecular formula is C14H10BrClFIO. The molecule has 0 aliphatic heterocycles. The lowest BCUT2D eigenvalue weighted by Crippen LogP contribution is -2.00. The number of rotatable bonds is 3. The SMILES string of the molecule is COc1ccc(F)cc1C(Cl)c1cc(Br)ccc1I. The fourth-order valence-corrected chi connectivity index (χ4v) is 3.34. The maximum Gasteiger partial charge on any atom is 0.124 e. The average molecular weight is 455 g/mol. The fraction of sp³-hybridized carbons (Fsp3) is 0.143. The van der Waals surface area contributed by atoms with Crippen molar-refractivity contribution in [2.45, 2.75) is 5.38 Å². The van der Waals surface area contributed by atoms with Gasteiger partial charge in [-0.15, -0.1) is 11.6 Å². The van der Waals surface area contributed by atoms with Crippen LogP contribution in [0.1, 0.15) is 16.5 Å². The van der Waals surface area contributed by atoms with E-state index in [1.54, 1.807) is 13.2 Å². The molecule has 0 spiro atoms. The zero-order chi connectivity index (χ0) is 14.0. The van der Waals surface area contributed by atoms with Crippen molar-refractivity contribution in [1.82, 2.24) is 0 Å². The highest BCUT2D eigenvalue weighted by atomic mass is 127. The van der Waals surface area contributed by atoms with Crippen LogP contribution in [0.4, 0.5) is 4.39 Å². The molecule has 0 aliphatic carbocycles. The first-order chi connectivity index (χ1) is 9.02. The van der Waals surface area contributed by atoms with E-state index in [1.165, 1.54) is 12.1 Å². The van der Waals surface area contributed by atoms with Gasteiger partial charge in [0.2, 0.25) is 0 Å². The van der Waals surface area contributed by atoms with Gasteiger partial charge in [-0.2, -0.15) is 0 Å². The molecule has 0 fully saturated rings. The lowest BCUT2D eigenvalue weighted by atomic mass is 10.0. The van der Waals surface area contributed by atoms with E-state index in [0.29, 0.717) is 11.3 Å². The molecule has 0 saturated carbocycles. The van der Waals surface area contributed by atoms with E-state index >= 15 is 0 Å². The molecule has 1 unspecified atom stereocenters. The number of methoxy groups -OCH3 is 1. The van der Waals surface area contributed by atoms with Gasteiger partial charge in [-0.1, -0.05) is 15.9 Å². The first-order valence-corrected chi connectivity index (χ1v) is 7.76. The molecule has 0 N–H and O–H groups in total. The molecule has 100 valence electrons. The molecule has 2 rings (SSSR count). The van der Waals surface area contributed by atoms with Gasteiger partial charge in [0.25, 0.3) is 0 Å². The quantitative estimate of drug-likeness (QED) is 0.437. The summed E-state index contributed by atoms with van der Waals surface area (Å²) in [6.45, 7) is 0. The molecule has 0 heterocycles. The summed E-state index contributed by atoms with van der Waals surface area (Å²) in [6, 6.07) is 10.2. The van der Waals surface area contributed by atoms with Gasteiger partial charge in [0.1, 0.15) is 11.6 Å². The number of hydrogen-bond acceptors (Lipinski definition) is 1. The first kappa shape index (κ1) is 15.1. The maximum absolute atomic E-state index is 13.4. The van der Waals surface area contributed by atoms with Crippen molar-refractivity contribution >= 4 is 50.1 Å². The van der Waals surface area contributed by atoms with Crippen LogP contribution in [0.25, 0.3) is 0 Å². The predicted octanol–water partition coefficient (Wildman–Crippen LogP) is 5.53. The van der Waals surface area contributed by atoms with Gasteiger partial charge in [-0.05, 0) is 64.6 Å². The highest BCUT2D eigenvalue weighted by Crippen LogP contribution is 2.38. The van der Waals surface area contributed by atoms with Crippen LogP contribution in [0.2, 0.25) is 0 Å². The lowest BCUT2D eigenvalue weighted by Gasteiger charge is -2.16. The van der Waals surface area contributed by atoms with Gasteiger partial charge in [-0.25, -0.2) is 4.39 Å². The summed E-state index contributed by atoms with van der Waals surface area (Å²) in [6.07, 6.45) is 0. The molecule has 2 aromatic rings. The zero-order valence-electron chi connectivity index (χ0n) is 9.96. The molecule has 0 saturated heterocycles. The molecule has 2 aromatic carbocycles. The third-order valence-corrected chi connectivity index (χ3v) is 4.64. The second-order valence-corrected chi connectivity index (χ2v) is 6.43. The molecule has 1 nitrogen and oxygen atoms in total. The van der Waals surface area contributed by atoms with Crippen molar-refractivity contribution in [3.63, 3.8) is 0 Å². The van der Waals surface area contributed by atoms with Crippen LogP contribution in [-0.4, -0.2) is 7.11 Å². The molecule has 1 atom stereocenters. The minimum absolute atomic E-state index is 0.327. The Hall–Kier alpha value is -0.330. The van der Waals surface area contributed by atoms with Crippen LogP contribution in [0, 0.1) is 9.39 Å². The van der Waals surface area contributed by atoms with Gasteiger partial charge in [0.15, 0.2) is 0 Å². The smallest absolute Gasteiger partial charge is 0.124 e. The molecule has 0 radical (unpaired) electrons. The second kappa shape index (κ2) is 6.41. The average Bonchev–Trinajstić information content (AvgIpc) is 2.40. The third-order valence-electron chi connectivity index (χ3n) is 2.70. The van der Waals surface area contributed by atoms with Crippen molar-refractivity contribution in [3.8, 4) is 5.75 Å². The molecule has 5 heteroatoms. The third kappa shape index (κ3) is 3.41. The van der Waals surface area contributed by atoms with Crippen LogP contribution < -0.4 is 4.74 Å². The first-order valence-electron chi connectivity index (χ1n) is 5.45. The number of ether oxygens (including phenoxy) is 1. The van der Waals surface area contributed by atoms with E-state index in [9.17, 15) is 4.39 Å². The zero-order valence-corrected chi connectivity index (χ0v) is 14.5. The Morgan fingerprint density at radius 1 is 1.21 bits per heavy atom. The summed E-state index contributed by atoms with van der Waals surface area (Å²) in [4.78, 5) is 0. The molecule has 0 aliphatic rings. The van der Waals surface area contributed by atoms with Crippen molar-refractivity contribution < 1.29 is 9.13 Å². The minimum atomic E-state index is -0.463. The van der Waals surface area contributed by atoms with E-state index in [-0.39, 0.29) is 5.82 Å². The minimum Gasteiger partial charge on any atom is -0.496 e. The Morgan fingerprint density at radius 3 is 2.63 bits per heavy atom. The highest BCUT2D eigenvalue weighted by Gasteiger charge is 2.19. The summed E-state index contributed by atoms with van der Waals surface area (Å²) in [5.41, 5.74) is 1.54. The van der Waals surface area contributed by atoms with Crippen LogP contribution in [-0.2, 0) is 0 Å². The number of hydrogen-bond donors (Lipinski definition) is 0. The largest absolute Gasteiger partial charge is 0.496 e. The standard InChI is InChI=1S/C14H10BrClFIO/c1-19-13-5-3-9(17)7-11(13)14(16)10-6-8(15)2-4-12(10)18/h2-7,14H,1H3. The lowest BCUT2D eigenvalue weighted by molar-refractivity contribution is 0.409. The summed E-state index contributed by atoms with van der Waals surface area (Å²) in [5.74, 6) is 0.253. The van der Waals surface area contributed by atoms with E-state index in [0.717, 1.165) is 13.6 Å². The topological polar surface area (TPSA) is 9.23 Å². The predicted molar refractivity (Wildman–Crippen MR) is 87.5 cm³/mol. The van der Waals surface area contributed by atoms with E-state index in [1.807, 2.05) is 18.2 Å². The molecule has 0 amide bonds. The molecule has 0 bridgehead atoms. The Kier molecular flexibility index (Phi) is 5.09. The Balaban J connectivity index is 2.51. The summed E-state index contributed by atoms with van der Waals surface area (Å²) in [7, 11) is 1.55. The van der Waals surface area contributed by atoms with Crippen molar-refractivity contribution in [2.24, 2.45) is 0 Å². The molecular weight excluding hydrogens is 445 g/mol. The van der Waals surface area contributed by atoms with Crippen LogP contribution in [0.15, 0.2) is 40.9 Å². The van der Waals surface area contributed by atoms with E-state index < -0.39 is 5.38 Å². The fourth-order valence-electron chi connectivity index (χ4n) is 1.78. The van der Waals surface area contributed by atoms with Crippen LogP contribution >= 0.6 is 50.1 Å². The van der Waals surface area contributed by atoms with Crippen molar-refractivity contribution in [1.29, 1.82) is 0 Å². The van der Waals surface area contributed by atoms with Crippen molar-refractivity contribution in [3.05, 3.63) is 61.4 Å². The van der Waals surface area contributed by atoms with Gasteiger partial charge < -0.3 is 4.74 Å². The van der Waals surface area contributed by atoms with Crippen molar-refractivity contribution in [2.75, 3.05) is 7.11 Å². The highest BCUT2D eigenvalue weighted by molar-refractivity contribution is 14.1. The second-order valence-electron chi connectivity index (χ2n) is 3.91. The monoisotopic (exact) mass is 454 g/mol. The van der Waals surface area contributed by atoms with Gasteiger partial charge >= 0.3 is 0 Å². The Bertz CT molecular complexity index is 606. The van der Waals surface area contributed by atoms with Gasteiger partial charge in [0.05, 0.1) is 12.5 Å². The summed E-state index contributed by atoms with van der Waals surface area (Å²) < 4.78 is 20.6. The molecule has 19 heavy (non-hydrogen) atoms. The van der Waals surface area contributed by atoms with Crippen LogP contribution in [0.5, 0.6) is 5.75 Å². The summed E-state index contributed by atoms with van der Waals surface area (Å²) in [5, 5.41) is -0.463. The van der Waals surface area contributed by atoms with E-state index in [2.05, 4.69) is 38.5 Å². The molecule has 0 aromatic heterocycles. The maximum atomic E-state index is 13.4. The van der Waals surface area contributed by atoms with Gasteiger partial charge in [0, 0.05) is 13.6 Å². The Labute approximate surface area is 138 Å². The van der Waals surface area contributed by atoms with Gasteiger partial charge in [-0.3, -0.25) is 0 Å². The number of alkyl halides is 1.